The van der Waals surface area contributed by atoms with Gasteiger partial charge in [-0.2, -0.15) is 0 Å². The third-order valence-corrected chi connectivity index (χ3v) is 2.59. The second-order valence-electron chi connectivity index (χ2n) is 4.13. The van der Waals surface area contributed by atoms with Gasteiger partial charge in [0.2, 0.25) is 0 Å². The summed E-state index contributed by atoms with van der Waals surface area (Å²) in [6.07, 6.45) is 2.51. The zero-order chi connectivity index (χ0) is 13.4. The van der Waals surface area contributed by atoms with Gasteiger partial charge in [0.1, 0.15) is 5.75 Å². The first-order valence-corrected chi connectivity index (χ1v) is 6.08. The van der Waals surface area contributed by atoms with Crippen molar-refractivity contribution in [3.05, 3.63) is 29.8 Å². The number of carbonyl (C=O) groups is 1. The molecule has 0 saturated carbocycles. The molecule has 0 heterocycles. The summed E-state index contributed by atoms with van der Waals surface area (Å²) < 4.78 is 5.52. The summed E-state index contributed by atoms with van der Waals surface area (Å²) in [5, 5.41) is 8.45. The second kappa shape index (κ2) is 7.68. The SMILES string of the molecule is CCCCOc1ccc(CC(N)C(=O)NO)cc1. The largest absolute Gasteiger partial charge is 0.494 e. The molecule has 1 amide bonds. The molecule has 0 aliphatic carbocycles. The number of amides is 1. The Morgan fingerprint density at radius 3 is 2.67 bits per heavy atom. The first-order chi connectivity index (χ1) is 8.67. The first kappa shape index (κ1) is 14.5. The lowest BCUT2D eigenvalue weighted by Crippen LogP contribution is -2.40. The van der Waals surface area contributed by atoms with Crippen molar-refractivity contribution in [1.29, 1.82) is 0 Å². The Morgan fingerprint density at radius 1 is 1.44 bits per heavy atom. The number of rotatable bonds is 7. The summed E-state index contributed by atoms with van der Waals surface area (Å²) in [6, 6.07) is 6.70. The molecule has 1 rings (SSSR count). The molecule has 0 bridgehead atoms. The van der Waals surface area contributed by atoms with E-state index in [0.717, 1.165) is 24.2 Å². The Hall–Kier alpha value is -1.59. The molecule has 0 saturated heterocycles. The van der Waals surface area contributed by atoms with Crippen LogP contribution in [0.3, 0.4) is 0 Å². The third-order valence-electron chi connectivity index (χ3n) is 2.59. The molecule has 4 N–H and O–H groups in total. The molecule has 18 heavy (non-hydrogen) atoms. The highest BCUT2D eigenvalue weighted by Gasteiger charge is 2.12. The van der Waals surface area contributed by atoms with Crippen molar-refractivity contribution in [2.45, 2.75) is 32.2 Å². The molecular formula is C13H20N2O3. The maximum Gasteiger partial charge on any atom is 0.260 e. The van der Waals surface area contributed by atoms with Crippen LogP contribution in [-0.2, 0) is 11.2 Å². The molecule has 0 aliphatic heterocycles. The minimum absolute atomic E-state index is 0.377. The highest BCUT2D eigenvalue weighted by atomic mass is 16.5. The fraction of sp³-hybridized carbons (Fsp3) is 0.462. The van der Waals surface area contributed by atoms with E-state index in [1.165, 1.54) is 0 Å². The number of unbranched alkanes of at least 4 members (excludes halogenated alkanes) is 1. The van der Waals surface area contributed by atoms with E-state index in [1.54, 1.807) is 5.48 Å². The lowest BCUT2D eigenvalue weighted by molar-refractivity contribution is -0.130. The number of hydroxylamine groups is 1. The molecule has 1 unspecified atom stereocenters. The van der Waals surface area contributed by atoms with Crippen molar-refractivity contribution in [2.24, 2.45) is 5.73 Å². The average Bonchev–Trinajstić information content (AvgIpc) is 2.40. The van der Waals surface area contributed by atoms with Gasteiger partial charge in [-0.15, -0.1) is 0 Å². The van der Waals surface area contributed by atoms with Gasteiger partial charge in [0.05, 0.1) is 12.6 Å². The molecule has 1 aromatic rings. The van der Waals surface area contributed by atoms with E-state index in [-0.39, 0.29) is 0 Å². The van der Waals surface area contributed by atoms with E-state index in [1.807, 2.05) is 24.3 Å². The maximum absolute atomic E-state index is 11.0. The first-order valence-electron chi connectivity index (χ1n) is 6.08. The molecule has 1 aromatic carbocycles. The van der Waals surface area contributed by atoms with E-state index in [4.69, 9.17) is 15.7 Å². The summed E-state index contributed by atoms with van der Waals surface area (Å²) >= 11 is 0. The second-order valence-corrected chi connectivity index (χ2v) is 4.13. The minimum Gasteiger partial charge on any atom is -0.494 e. The van der Waals surface area contributed by atoms with Crippen molar-refractivity contribution in [1.82, 2.24) is 5.48 Å². The molecular weight excluding hydrogens is 232 g/mol. The molecule has 5 heteroatoms. The van der Waals surface area contributed by atoms with Crippen molar-refractivity contribution in [2.75, 3.05) is 6.61 Å². The Bertz CT molecular complexity index is 365. The van der Waals surface area contributed by atoms with Crippen molar-refractivity contribution < 1.29 is 14.7 Å². The third kappa shape index (κ3) is 4.73. The van der Waals surface area contributed by atoms with Crippen LogP contribution >= 0.6 is 0 Å². The minimum atomic E-state index is -0.748. The predicted octanol–water partition coefficient (Wildman–Crippen LogP) is 1.24. The van der Waals surface area contributed by atoms with Crippen LogP contribution in [0.2, 0.25) is 0 Å². The van der Waals surface area contributed by atoms with Gasteiger partial charge in [0.25, 0.3) is 5.91 Å². The number of nitrogens with one attached hydrogen (secondary N) is 1. The van der Waals surface area contributed by atoms with Gasteiger partial charge in [-0.3, -0.25) is 10.0 Å². The fourth-order valence-corrected chi connectivity index (χ4v) is 1.49. The fourth-order valence-electron chi connectivity index (χ4n) is 1.49. The maximum atomic E-state index is 11.0. The number of ether oxygens (including phenoxy) is 1. The van der Waals surface area contributed by atoms with Crippen LogP contribution < -0.4 is 16.0 Å². The van der Waals surface area contributed by atoms with E-state index in [9.17, 15) is 4.79 Å². The molecule has 0 fully saturated rings. The van der Waals surface area contributed by atoms with E-state index < -0.39 is 11.9 Å². The van der Waals surface area contributed by atoms with Crippen LogP contribution in [0.4, 0.5) is 0 Å². The van der Waals surface area contributed by atoms with Gasteiger partial charge in [-0.05, 0) is 30.5 Å². The Morgan fingerprint density at radius 2 is 2.11 bits per heavy atom. The number of carbonyl (C=O) groups excluding carboxylic acids is 1. The monoisotopic (exact) mass is 252 g/mol. The number of hydrogen-bond donors (Lipinski definition) is 3. The standard InChI is InChI=1S/C13H20N2O3/c1-2-3-8-18-11-6-4-10(5-7-11)9-12(14)13(16)15-17/h4-7,12,17H,2-3,8-9,14H2,1H3,(H,15,16). The number of nitrogens with two attached hydrogens (primary N) is 1. The van der Waals surface area contributed by atoms with Gasteiger partial charge in [-0.25, -0.2) is 5.48 Å². The number of benzene rings is 1. The molecule has 1 atom stereocenters. The molecule has 0 radical (unpaired) electrons. The van der Waals surface area contributed by atoms with Crippen LogP contribution in [0.15, 0.2) is 24.3 Å². The van der Waals surface area contributed by atoms with Crippen molar-refractivity contribution >= 4 is 5.91 Å². The summed E-state index contributed by atoms with van der Waals surface area (Å²) in [7, 11) is 0. The van der Waals surface area contributed by atoms with Crippen molar-refractivity contribution in [3.63, 3.8) is 0 Å². The summed E-state index contributed by atoms with van der Waals surface area (Å²) in [5.74, 6) is 0.227. The average molecular weight is 252 g/mol. The topological polar surface area (TPSA) is 84.6 Å². The molecule has 100 valence electrons. The van der Waals surface area contributed by atoms with Crippen LogP contribution in [-0.4, -0.2) is 23.8 Å². The van der Waals surface area contributed by atoms with E-state index in [2.05, 4.69) is 6.92 Å². The number of hydrogen-bond acceptors (Lipinski definition) is 4. The highest BCUT2D eigenvalue weighted by Crippen LogP contribution is 2.13. The summed E-state index contributed by atoms with van der Waals surface area (Å²) in [6.45, 7) is 2.82. The Labute approximate surface area is 107 Å². The van der Waals surface area contributed by atoms with Crippen LogP contribution in [0.5, 0.6) is 5.75 Å². The summed E-state index contributed by atoms with van der Waals surface area (Å²) in [4.78, 5) is 11.0. The van der Waals surface area contributed by atoms with Crippen LogP contribution in [0, 0.1) is 0 Å². The van der Waals surface area contributed by atoms with Gasteiger partial charge in [0, 0.05) is 0 Å². The van der Waals surface area contributed by atoms with Gasteiger partial charge in [-0.1, -0.05) is 25.5 Å². The normalized spacial score (nSPS) is 11.9. The lowest BCUT2D eigenvalue weighted by Gasteiger charge is -2.10. The zero-order valence-corrected chi connectivity index (χ0v) is 10.6. The predicted molar refractivity (Wildman–Crippen MR) is 68.5 cm³/mol. The van der Waals surface area contributed by atoms with Gasteiger partial charge < -0.3 is 10.5 Å². The lowest BCUT2D eigenvalue weighted by atomic mass is 10.1. The van der Waals surface area contributed by atoms with Crippen LogP contribution in [0.25, 0.3) is 0 Å². The van der Waals surface area contributed by atoms with E-state index in [0.29, 0.717) is 13.0 Å². The highest BCUT2D eigenvalue weighted by molar-refractivity contribution is 5.80. The van der Waals surface area contributed by atoms with Gasteiger partial charge >= 0.3 is 0 Å². The molecule has 0 aliphatic rings. The van der Waals surface area contributed by atoms with Gasteiger partial charge in [0.15, 0.2) is 0 Å². The summed E-state index contributed by atoms with van der Waals surface area (Å²) in [5.41, 5.74) is 8.06. The Kier molecular flexibility index (Phi) is 6.18. The van der Waals surface area contributed by atoms with Crippen LogP contribution in [0.1, 0.15) is 25.3 Å². The van der Waals surface area contributed by atoms with E-state index >= 15 is 0 Å². The zero-order valence-electron chi connectivity index (χ0n) is 10.6. The Balaban J connectivity index is 2.47. The molecule has 0 aromatic heterocycles. The molecule has 5 nitrogen and oxygen atoms in total. The smallest absolute Gasteiger partial charge is 0.260 e. The quantitative estimate of drug-likeness (QED) is 0.387. The van der Waals surface area contributed by atoms with Crippen molar-refractivity contribution in [3.8, 4) is 5.75 Å². The molecule has 0 spiro atoms.